The number of aromatic nitrogens is 1. The Morgan fingerprint density at radius 2 is 1.88 bits per heavy atom. The molecule has 1 aliphatic rings. The monoisotopic (exact) mass is 447 g/mol. The van der Waals surface area contributed by atoms with Gasteiger partial charge in [-0.05, 0) is 51.4 Å². The number of halogens is 1. The Balaban J connectivity index is 1.79. The van der Waals surface area contributed by atoms with Crippen LogP contribution < -0.4 is 4.74 Å². The molecule has 1 aliphatic heterocycles. The van der Waals surface area contributed by atoms with Gasteiger partial charge in [0, 0.05) is 30.1 Å². The molecule has 1 aromatic heterocycles. The van der Waals surface area contributed by atoms with E-state index in [2.05, 4.69) is 20.0 Å². The Morgan fingerprint density at radius 3 is 2.58 bits per heavy atom. The summed E-state index contributed by atoms with van der Waals surface area (Å²) in [6.07, 6.45) is 2.72. The van der Waals surface area contributed by atoms with Crippen LogP contribution in [-0.4, -0.2) is 47.8 Å². The second kappa shape index (κ2) is 9.79. The molecular weight excluding hydrogens is 421 g/mol. The van der Waals surface area contributed by atoms with Crippen molar-refractivity contribution in [1.82, 2.24) is 14.9 Å². The van der Waals surface area contributed by atoms with Crippen LogP contribution in [0.4, 0.5) is 10.1 Å². The van der Waals surface area contributed by atoms with E-state index in [9.17, 15) is 4.39 Å². The highest BCUT2D eigenvalue weighted by Gasteiger charge is 2.35. The van der Waals surface area contributed by atoms with Crippen LogP contribution in [0.2, 0.25) is 0 Å². The molecule has 8 heteroatoms. The summed E-state index contributed by atoms with van der Waals surface area (Å²) in [4.78, 5) is 10.6. The summed E-state index contributed by atoms with van der Waals surface area (Å²) in [6.45, 7) is 2.47. The fourth-order valence-electron chi connectivity index (χ4n) is 3.67. The zero-order valence-corrected chi connectivity index (χ0v) is 19.1. The van der Waals surface area contributed by atoms with Crippen molar-refractivity contribution in [2.75, 3.05) is 21.2 Å². The van der Waals surface area contributed by atoms with Crippen molar-refractivity contribution in [2.24, 2.45) is 10.1 Å². The van der Waals surface area contributed by atoms with Crippen LogP contribution in [0.25, 0.3) is 0 Å². The first-order valence-corrected chi connectivity index (χ1v) is 10.5. The molecule has 0 spiro atoms. The number of hydrazone groups is 1. The molecule has 170 valence electrons. The van der Waals surface area contributed by atoms with Gasteiger partial charge in [-0.3, -0.25) is 4.98 Å². The summed E-state index contributed by atoms with van der Waals surface area (Å²) >= 11 is 0. The fraction of sp³-hybridized carbons (Fsp3) is 0.240. The highest BCUT2D eigenvalue weighted by atomic mass is 19.1. The number of nitrogens with zero attached hydrogens (tertiary/aromatic N) is 5. The van der Waals surface area contributed by atoms with Gasteiger partial charge in [0.25, 0.3) is 0 Å². The van der Waals surface area contributed by atoms with E-state index in [1.807, 2.05) is 44.4 Å². The highest BCUT2D eigenvalue weighted by molar-refractivity contribution is 5.97. The van der Waals surface area contributed by atoms with E-state index in [1.165, 1.54) is 6.07 Å². The molecular formula is C25H26FN5O2. The molecule has 4 rings (SSSR count). The number of para-hydroxylation sites is 2. The molecule has 7 nitrogen and oxygen atoms in total. The zero-order valence-electron chi connectivity index (χ0n) is 19.1. The number of aliphatic imine (C=N–C) groups is 1. The minimum absolute atomic E-state index is 0.231. The average Bonchev–Trinajstić information content (AvgIpc) is 3.26. The van der Waals surface area contributed by atoms with E-state index < -0.39 is 12.0 Å². The maximum absolute atomic E-state index is 14.3. The lowest BCUT2D eigenvalue weighted by molar-refractivity contribution is 0.107. The lowest BCUT2D eigenvalue weighted by atomic mass is 10.1. The maximum Gasteiger partial charge on any atom is 0.241 e. The SMILES string of the molecule is COc1c(CN(C)C)cccc1C1OC(c2ccncc2)=NN1C(C)=Nc1ccccc1F. The molecule has 0 amide bonds. The van der Waals surface area contributed by atoms with Crippen LogP contribution in [0.15, 0.2) is 77.1 Å². The summed E-state index contributed by atoms with van der Waals surface area (Å²) in [5.41, 5.74) is 2.83. The number of hydrogen-bond donors (Lipinski definition) is 0. The Kier molecular flexibility index (Phi) is 6.65. The van der Waals surface area contributed by atoms with Gasteiger partial charge in [-0.25, -0.2) is 14.4 Å². The first-order chi connectivity index (χ1) is 16.0. The second-order valence-electron chi connectivity index (χ2n) is 7.84. The van der Waals surface area contributed by atoms with Gasteiger partial charge in [-0.15, -0.1) is 5.10 Å². The fourth-order valence-corrected chi connectivity index (χ4v) is 3.67. The summed E-state index contributed by atoms with van der Waals surface area (Å²) in [7, 11) is 5.64. The van der Waals surface area contributed by atoms with E-state index in [1.54, 1.807) is 49.6 Å². The van der Waals surface area contributed by atoms with Gasteiger partial charge in [0.05, 0.1) is 12.7 Å². The van der Waals surface area contributed by atoms with Gasteiger partial charge in [0.2, 0.25) is 12.1 Å². The topological polar surface area (TPSA) is 62.6 Å². The van der Waals surface area contributed by atoms with Crippen LogP contribution in [0.1, 0.15) is 29.8 Å². The van der Waals surface area contributed by atoms with Crippen LogP contribution in [0, 0.1) is 5.82 Å². The predicted molar refractivity (Wildman–Crippen MR) is 126 cm³/mol. The van der Waals surface area contributed by atoms with Crippen molar-refractivity contribution in [2.45, 2.75) is 19.7 Å². The molecule has 0 bridgehead atoms. The van der Waals surface area contributed by atoms with E-state index >= 15 is 0 Å². The van der Waals surface area contributed by atoms with E-state index in [4.69, 9.17) is 9.47 Å². The van der Waals surface area contributed by atoms with Crippen molar-refractivity contribution >= 4 is 17.4 Å². The van der Waals surface area contributed by atoms with E-state index in [-0.39, 0.29) is 5.69 Å². The van der Waals surface area contributed by atoms with Crippen LogP contribution in [0.5, 0.6) is 5.75 Å². The third-order valence-electron chi connectivity index (χ3n) is 5.12. The van der Waals surface area contributed by atoms with Crippen molar-refractivity contribution in [1.29, 1.82) is 0 Å². The molecule has 0 fully saturated rings. The molecule has 3 aromatic rings. The first kappa shape index (κ1) is 22.4. The van der Waals surface area contributed by atoms with Crippen molar-refractivity contribution in [3.05, 3.63) is 89.5 Å². The van der Waals surface area contributed by atoms with Gasteiger partial charge in [0.15, 0.2) is 0 Å². The summed E-state index contributed by atoms with van der Waals surface area (Å²) < 4.78 is 26.4. The number of rotatable bonds is 6. The molecule has 2 aromatic carbocycles. The lowest BCUT2D eigenvalue weighted by Crippen LogP contribution is -2.26. The van der Waals surface area contributed by atoms with Gasteiger partial charge in [0.1, 0.15) is 23.1 Å². The van der Waals surface area contributed by atoms with Gasteiger partial charge >= 0.3 is 0 Å². The Hall–Kier alpha value is -3.78. The minimum Gasteiger partial charge on any atom is -0.496 e. The highest BCUT2D eigenvalue weighted by Crippen LogP contribution is 2.38. The first-order valence-electron chi connectivity index (χ1n) is 10.5. The third-order valence-corrected chi connectivity index (χ3v) is 5.12. The van der Waals surface area contributed by atoms with Crippen LogP contribution in [-0.2, 0) is 11.3 Å². The smallest absolute Gasteiger partial charge is 0.241 e. The molecule has 0 radical (unpaired) electrons. The predicted octanol–water partition coefficient (Wildman–Crippen LogP) is 4.73. The Labute approximate surface area is 192 Å². The largest absolute Gasteiger partial charge is 0.496 e. The summed E-state index contributed by atoms with van der Waals surface area (Å²) in [5.74, 6) is 1.21. The molecule has 2 heterocycles. The van der Waals surface area contributed by atoms with Crippen molar-refractivity contribution < 1.29 is 13.9 Å². The van der Waals surface area contributed by atoms with E-state index in [0.717, 1.165) is 16.7 Å². The summed E-state index contributed by atoms with van der Waals surface area (Å²) in [5, 5.41) is 6.34. The lowest BCUT2D eigenvalue weighted by Gasteiger charge is -2.25. The quantitative estimate of drug-likeness (QED) is 0.404. The number of hydrogen-bond acceptors (Lipinski definition) is 6. The number of benzene rings is 2. The van der Waals surface area contributed by atoms with Gasteiger partial charge < -0.3 is 14.4 Å². The maximum atomic E-state index is 14.3. The van der Waals surface area contributed by atoms with Gasteiger partial charge in [-0.2, -0.15) is 0 Å². The number of amidine groups is 1. The number of methoxy groups -OCH3 is 1. The van der Waals surface area contributed by atoms with Gasteiger partial charge in [-0.1, -0.05) is 24.3 Å². The standard InChI is InChI=1S/C25H26FN5O2/c1-17(28-22-11-6-5-10-21(22)26)31-25(33-24(29-31)18-12-14-27-15-13-18)20-9-7-8-19(16-30(2)3)23(20)32-4/h5-15,25H,16H2,1-4H3. The minimum atomic E-state index is -0.638. The number of pyridine rings is 1. The Morgan fingerprint density at radius 1 is 1.12 bits per heavy atom. The molecule has 1 unspecified atom stereocenters. The number of ether oxygens (including phenoxy) is 2. The molecule has 0 saturated carbocycles. The molecule has 0 saturated heterocycles. The van der Waals surface area contributed by atoms with Crippen LogP contribution >= 0.6 is 0 Å². The van der Waals surface area contributed by atoms with Crippen LogP contribution in [0.3, 0.4) is 0 Å². The summed E-state index contributed by atoms with van der Waals surface area (Å²) in [6, 6.07) is 15.9. The van der Waals surface area contributed by atoms with Crippen molar-refractivity contribution in [3.63, 3.8) is 0 Å². The van der Waals surface area contributed by atoms with Crippen molar-refractivity contribution in [3.8, 4) is 5.75 Å². The second-order valence-corrected chi connectivity index (χ2v) is 7.84. The zero-order chi connectivity index (χ0) is 23.4. The Bertz CT molecular complexity index is 1180. The molecule has 33 heavy (non-hydrogen) atoms. The molecule has 0 aliphatic carbocycles. The average molecular weight is 448 g/mol. The molecule has 0 N–H and O–H groups in total. The third kappa shape index (κ3) is 4.85. The van der Waals surface area contributed by atoms with E-state index in [0.29, 0.717) is 24.0 Å². The normalized spacial score (nSPS) is 16.1. The molecule has 1 atom stereocenters.